The molecule has 3 rings (SSSR count). The zero-order valence-corrected chi connectivity index (χ0v) is 16.8. The standard InChI is InChI=1S/C20H16FN3O6S/c21-16-7-2-1-4-13(16)10-17-19(26)23(20(27)31-17)9-8-22-18(25)12-30-15-6-3-5-14(11-15)24(28)29/h1-7,10-11H,8-9,12H2,(H,22,25)/b17-10-. The molecule has 0 unspecified atom stereocenters. The van der Waals surface area contributed by atoms with E-state index in [9.17, 15) is 28.9 Å². The van der Waals surface area contributed by atoms with Gasteiger partial charge in [0.1, 0.15) is 11.6 Å². The van der Waals surface area contributed by atoms with E-state index in [4.69, 9.17) is 4.74 Å². The number of non-ortho nitro benzene ring substituents is 1. The van der Waals surface area contributed by atoms with Crippen molar-refractivity contribution in [3.8, 4) is 5.75 Å². The smallest absolute Gasteiger partial charge is 0.293 e. The molecule has 1 aliphatic rings. The van der Waals surface area contributed by atoms with Gasteiger partial charge in [0.15, 0.2) is 6.61 Å². The lowest BCUT2D eigenvalue weighted by atomic mass is 10.2. The van der Waals surface area contributed by atoms with Crippen molar-refractivity contribution in [1.29, 1.82) is 0 Å². The largest absolute Gasteiger partial charge is 0.484 e. The number of imide groups is 1. The Labute approximate surface area is 180 Å². The Balaban J connectivity index is 1.49. The average molecular weight is 445 g/mol. The number of ether oxygens (including phenoxy) is 1. The molecule has 1 aliphatic heterocycles. The minimum Gasteiger partial charge on any atom is -0.484 e. The maximum atomic E-state index is 13.8. The van der Waals surface area contributed by atoms with E-state index in [-0.39, 0.29) is 35.0 Å². The van der Waals surface area contributed by atoms with Crippen molar-refractivity contribution in [2.24, 2.45) is 0 Å². The SMILES string of the molecule is O=C(COc1cccc([N+](=O)[O-])c1)NCCN1C(=O)S/C(=C\c2ccccc2F)C1=O. The lowest BCUT2D eigenvalue weighted by molar-refractivity contribution is -0.384. The molecule has 160 valence electrons. The van der Waals surface area contributed by atoms with Crippen LogP contribution in [0, 0.1) is 15.9 Å². The molecule has 0 saturated carbocycles. The Kier molecular flexibility index (Phi) is 6.98. The fourth-order valence-electron chi connectivity index (χ4n) is 2.62. The van der Waals surface area contributed by atoms with Gasteiger partial charge < -0.3 is 10.1 Å². The molecule has 11 heteroatoms. The van der Waals surface area contributed by atoms with Crippen LogP contribution in [0.3, 0.4) is 0 Å². The van der Waals surface area contributed by atoms with Gasteiger partial charge >= 0.3 is 0 Å². The Morgan fingerprint density at radius 2 is 2.00 bits per heavy atom. The van der Waals surface area contributed by atoms with Crippen LogP contribution in [-0.2, 0) is 9.59 Å². The first-order chi connectivity index (χ1) is 14.8. The van der Waals surface area contributed by atoms with Crippen LogP contribution in [0.5, 0.6) is 5.75 Å². The molecule has 2 aromatic carbocycles. The van der Waals surface area contributed by atoms with E-state index in [1.165, 1.54) is 48.5 Å². The summed E-state index contributed by atoms with van der Waals surface area (Å²) < 4.78 is 19.0. The molecule has 0 aromatic heterocycles. The first-order valence-electron chi connectivity index (χ1n) is 8.99. The second kappa shape index (κ2) is 9.85. The summed E-state index contributed by atoms with van der Waals surface area (Å²) in [6, 6.07) is 11.3. The quantitative estimate of drug-likeness (QED) is 0.377. The second-order valence-electron chi connectivity index (χ2n) is 6.25. The predicted molar refractivity (Wildman–Crippen MR) is 111 cm³/mol. The molecule has 9 nitrogen and oxygen atoms in total. The number of amides is 3. The van der Waals surface area contributed by atoms with Gasteiger partial charge in [0, 0.05) is 24.7 Å². The third-order valence-corrected chi connectivity index (χ3v) is 5.03. The number of carbonyl (C=O) groups excluding carboxylic acids is 3. The number of thioether (sulfide) groups is 1. The summed E-state index contributed by atoms with van der Waals surface area (Å²) in [6.07, 6.45) is 1.31. The van der Waals surface area contributed by atoms with Gasteiger partial charge in [0.25, 0.3) is 22.7 Å². The molecule has 0 atom stereocenters. The molecule has 1 fully saturated rings. The molecule has 1 heterocycles. The highest BCUT2D eigenvalue weighted by Gasteiger charge is 2.34. The Bertz CT molecular complexity index is 1070. The van der Waals surface area contributed by atoms with Gasteiger partial charge in [-0.05, 0) is 30.0 Å². The van der Waals surface area contributed by atoms with E-state index >= 15 is 0 Å². The highest BCUT2D eigenvalue weighted by Crippen LogP contribution is 2.32. The molecule has 0 spiro atoms. The van der Waals surface area contributed by atoms with Crippen LogP contribution in [0.25, 0.3) is 6.08 Å². The minimum atomic E-state index is -0.579. The van der Waals surface area contributed by atoms with Crippen LogP contribution >= 0.6 is 11.8 Å². The lowest BCUT2D eigenvalue weighted by Gasteiger charge is -2.13. The third kappa shape index (κ3) is 5.66. The molecular formula is C20H16FN3O6S. The summed E-state index contributed by atoms with van der Waals surface area (Å²) in [5.41, 5.74) is 0.0281. The third-order valence-electron chi connectivity index (χ3n) is 4.12. The number of carbonyl (C=O) groups is 3. The fourth-order valence-corrected chi connectivity index (χ4v) is 3.48. The van der Waals surface area contributed by atoms with Gasteiger partial charge in [0.05, 0.1) is 15.9 Å². The van der Waals surface area contributed by atoms with Crippen LogP contribution in [0.1, 0.15) is 5.56 Å². The van der Waals surface area contributed by atoms with E-state index in [0.29, 0.717) is 11.8 Å². The normalized spacial score (nSPS) is 14.7. The van der Waals surface area contributed by atoms with Crippen LogP contribution in [-0.4, -0.2) is 46.6 Å². The Morgan fingerprint density at radius 1 is 1.23 bits per heavy atom. The van der Waals surface area contributed by atoms with E-state index in [1.807, 2.05) is 0 Å². The number of rotatable bonds is 8. The van der Waals surface area contributed by atoms with Gasteiger partial charge in [0.2, 0.25) is 0 Å². The number of halogens is 1. The summed E-state index contributed by atoms with van der Waals surface area (Å²) in [5.74, 6) is -1.44. The van der Waals surface area contributed by atoms with Gasteiger partial charge in [-0.3, -0.25) is 29.4 Å². The lowest BCUT2D eigenvalue weighted by Crippen LogP contribution is -2.38. The van der Waals surface area contributed by atoms with Crippen molar-refractivity contribution in [3.05, 3.63) is 74.9 Å². The molecule has 31 heavy (non-hydrogen) atoms. The highest BCUT2D eigenvalue weighted by atomic mass is 32.2. The predicted octanol–water partition coefficient (Wildman–Crippen LogP) is 2.97. The first-order valence-corrected chi connectivity index (χ1v) is 9.80. The van der Waals surface area contributed by atoms with E-state index < -0.39 is 34.4 Å². The fraction of sp³-hybridized carbons (Fsp3) is 0.150. The van der Waals surface area contributed by atoms with Gasteiger partial charge in [-0.15, -0.1) is 0 Å². The number of hydrogen-bond acceptors (Lipinski definition) is 7. The Hall–Kier alpha value is -3.73. The molecule has 1 N–H and O–H groups in total. The van der Waals surface area contributed by atoms with E-state index in [0.717, 1.165) is 4.90 Å². The number of nitrogens with zero attached hydrogens (tertiary/aromatic N) is 2. The zero-order valence-electron chi connectivity index (χ0n) is 15.9. The maximum absolute atomic E-state index is 13.8. The average Bonchev–Trinajstić information content (AvgIpc) is 3.01. The van der Waals surface area contributed by atoms with Gasteiger partial charge in [-0.1, -0.05) is 24.3 Å². The van der Waals surface area contributed by atoms with E-state index in [2.05, 4.69) is 5.32 Å². The van der Waals surface area contributed by atoms with Crippen LogP contribution in [0.2, 0.25) is 0 Å². The molecule has 0 aliphatic carbocycles. The van der Waals surface area contributed by atoms with E-state index in [1.54, 1.807) is 6.07 Å². The topological polar surface area (TPSA) is 119 Å². The summed E-state index contributed by atoms with van der Waals surface area (Å²) >= 11 is 0.695. The molecular weight excluding hydrogens is 429 g/mol. The molecule has 0 radical (unpaired) electrons. The number of hydrogen-bond donors (Lipinski definition) is 1. The van der Waals surface area contributed by atoms with Crippen LogP contribution in [0.15, 0.2) is 53.4 Å². The number of nitro groups is 1. The number of benzene rings is 2. The monoisotopic (exact) mass is 445 g/mol. The van der Waals surface area contributed by atoms with Crippen molar-refractivity contribution in [1.82, 2.24) is 10.2 Å². The van der Waals surface area contributed by atoms with Gasteiger partial charge in [-0.25, -0.2) is 4.39 Å². The summed E-state index contributed by atoms with van der Waals surface area (Å²) in [4.78, 5) is 47.6. The molecule has 3 amide bonds. The minimum absolute atomic E-state index is 0.0118. The van der Waals surface area contributed by atoms with Crippen LogP contribution in [0.4, 0.5) is 14.9 Å². The maximum Gasteiger partial charge on any atom is 0.293 e. The Morgan fingerprint density at radius 3 is 2.74 bits per heavy atom. The molecule has 1 saturated heterocycles. The van der Waals surface area contributed by atoms with Crippen LogP contribution < -0.4 is 10.1 Å². The summed E-state index contributed by atoms with van der Waals surface area (Å²) in [6.45, 7) is -0.472. The van der Waals surface area contributed by atoms with Crippen molar-refractivity contribution in [2.45, 2.75) is 0 Å². The highest BCUT2D eigenvalue weighted by molar-refractivity contribution is 8.18. The molecule has 2 aromatic rings. The number of nitro benzene ring substituents is 1. The molecule has 0 bridgehead atoms. The zero-order chi connectivity index (χ0) is 22.4. The second-order valence-corrected chi connectivity index (χ2v) is 7.24. The van der Waals surface area contributed by atoms with Crippen molar-refractivity contribution >= 4 is 40.6 Å². The van der Waals surface area contributed by atoms with Crippen molar-refractivity contribution in [3.63, 3.8) is 0 Å². The van der Waals surface area contributed by atoms with Crippen molar-refractivity contribution in [2.75, 3.05) is 19.7 Å². The van der Waals surface area contributed by atoms with Crippen molar-refractivity contribution < 1.29 is 28.4 Å². The first kappa shape index (κ1) is 22.0. The number of nitrogens with one attached hydrogen (secondary N) is 1. The van der Waals surface area contributed by atoms with Gasteiger partial charge in [-0.2, -0.15) is 0 Å². The summed E-state index contributed by atoms with van der Waals surface area (Å²) in [7, 11) is 0. The summed E-state index contributed by atoms with van der Waals surface area (Å²) in [5, 5.41) is 12.7.